The van der Waals surface area contributed by atoms with Crippen LogP contribution < -0.4 is 10.6 Å². The van der Waals surface area contributed by atoms with Crippen LogP contribution in [0.25, 0.3) is 0 Å². The molecule has 0 unspecified atom stereocenters. The molecule has 1 aromatic carbocycles. The standard InChI is InChI=1S/C20H28N2O5/c1-2-3-12-16(19(26)21-14-18(24)25)22-20(27)17(23)13-8-7-11-15-9-5-4-6-10-15/h4-6,9-10,16H,2-3,7-8,11-14H2,1H3,(H,21,26)(H,22,27)(H,24,25)/t16-/m0/s1. The van der Waals surface area contributed by atoms with E-state index in [1.165, 1.54) is 5.56 Å². The first kappa shape index (κ1) is 22.3. The highest BCUT2D eigenvalue weighted by Crippen LogP contribution is 2.07. The van der Waals surface area contributed by atoms with Gasteiger partial charge in [0, 0.05) is 6.42 Å². The number of hydrogen-bond donors (Lipinski definition) is 3. The Morgan fingerprint density at radius 3 is 2.37 bits per heavy atom. The number of rotatable bonds is 13. The third-order valence-electron chi connectivity index (χ3n) is 4.10. The number of ketones is 1. The van der Waals surface area contributed by atoms with Gasteiger partial charge in [-0.15, -0.1) is 0 Å². The van der Waals surface area contributed by atoms with Gasteiger partial charge in [-0.05, 0) is 31.2 Å². The van der Waals surface area contributed by atoms with Crippen molar-refractivity contribution >= 4 is 23.6 Å². The molecule has 0 spiro atoms. The Balaban J connectivity index is 2.41. The second-order valence-electron chi connectivity index (χ2n) is 6.40. The summed E-state index contributed by atoms with van der Waals surface area (Å²) in [4.78, 5) is 46.7. The Labute approximate surface area is 159 Å². The van der Waals surface area contributed by atoms with Gasteiger partial charge in [0.25, 0.3) is 5.91 Å². The number of hydrogen-bond acceptors (Lipinski definition) is 4. The number of carbonyl (C=O) groups is 4. The van der Waals surface area contributed by atoms with Crippen LogP contribution in [-0.4, -0.2) is 41.3 Å². The number of carboxylic acids is 1. The van der Waals surface area contributed by atoms with E-state index in [2.05, 4.69) is 10.6 Å². The van der Waals surface area contributed by atoms with Gasteiger partial charge in [0.1, 0.15) is 12.6 Å². The highest BCUT2D eigenvalue weighted by atomic mass is 16.4. The molecule has 2 amide bonds. The molecule has 0 heterocycles. The van der Waals surface area contributed by atoms with Gasteiger partial charge in [0.05, 0.1) is 0 Å². The second-order valence-corrected chi connectivity index (χ2v) is 6.40. The molecule has 0 aromatic heterocycles. The van der Waals surface area contributed by atoms with Crippen LogP contribution in [0.5, 0.6) is 0 Å². The summed E-state index contributed by atoms with van der Waals surface area (Å²) in [7, 11) is 0. The van der Waals surface area contributed by atoms with Gasteiger partial charge >= 0.3 is 5.97 Å². The van der Waals surface area contributed by atoms with E-state index in [0.717, 1.165) is 19.3 Å². The molecular weight excluding hydrogens is 348 g/mol. The van der Waals surface area contributed by atoms with Crippen LogP contribution in [0.4, 0.5) is 0 Å². The van der Waals surface area contributed by atoms with E-state index in [4.69, 9.17) is 5.11 Å². The Bertz CT molecular complexity index is 631. The number of unbranched alkanes of at least 4 members (excludes halogenated alkanes) is 2. The van der Waals surface area contributed by atoms with E-state index in [0.29, 0.717) is 19.3 Å². The SMILES string of the molecule is CCCC[C@H](NC(=O)C(=O)CCCCc1ccccc1)C(=O)NCC(=O)O. The maximum atomic E-state index is 12.1. The fourth-order valence-electron chi connectivity index (χ4n) is 2.57. The van der Waals surface area contributed by atoms with E-state index in [1.54, 1.807) is 0 Å². The summed E-state index contributed by atoms with van der Waals surface area (Å²) in [6.45, 7) is 1.41. The van der Waals surface area contributed by atoms with Crippen molar-refractivity contribution in [1.82, 2.24) is 10.6 Å². The average molecular weight is 376 g/mol. The summed E-state index contributed by atoms with van der Waals surface area (Å²) in [5.41, 5.74) is 1.18. The number of Topliss-reactive ketones (excluding diaryl/α,β-unsaturated/α-hetero) is 1. The molecule has 1 aromatic rings. The third kappa shape index (κ3) is 9.53. The summed E-state index contributed by atoms with van der Waals surface area (Å²) in [5, 5.41) is 13.3. The van der Waals surface area contributed by atoms with Gasteiger partial charge in [-0.1, -0.05) is 50.1 Å². The lowest BCUT2D eigenvalue weighted by atomic mass is 10.0. The fraction of sp³-hybridized carbons (Fsp3) is 0.500. The minimum Gasteiger partial charge on any atom is -0.480 e. The van der Waals surface area contributed by atoms with Gasteiger partial charge in [0.15, 0.2) is 0 Å². The molecular formula is C20H28N2O5. The Morgan fingerprint density at radius 2 is 1.74 bits per heavy atom. The summed E-state index contributed by atoms with van der Waals surface area (Å²) < 4.78 is 0. The lowest BCUT2D eigenvalue weighted by Gasteiger charge is -2.17. The van der Waals surface area contributed by atoms with Gasteiger partial charge < -0.3 is 15.7 Å². The first-order chi connectivity index (χ1) is 12.9. The monoisotopic (exact) mass is 376 g/mol. The Hall–Kier alpha value is -2.70. The molecule has 0 saturated heterocycles. The largest absolute Gasteiger partial charge is 0.480 e. The lowest BCUT2D eigenvalue weighted by Crippen LogP contribution is -2.49. The van der Waals surface area contributed by atoms with Crippen molar-refractivity contribution in [2.45, 2.75) is 57.9 Å². The molecule has 7 nitrogen and oxygen atoms in total. The molecule has 148 valence electrons. The van der Waals surface area contributed by atoms with Crippen LogP contribution in [0.15, 0.2) is 30.3 Å². The summed E-state index contributed by atoms with van der Waals surface area (Å²) >= 11 is 0. The van der Waals surface area contributed by atoms with Gasteiger partial charge in [-0.25, -0.2) is 0 Å². The number of nitrogens with one attached hydrogen (secondary N) is 2. The minimum absolute atomic E-state index is 0.121. The average Bonchev–Trinajstić information content (AvgIpc) is 2.66. The maximum absolute atomic E-state index is 12.1. The van der Waals surface area contributed by atoms with E-state index in [9.17, 15) is 19.2 Å². The first-order valence-electron chi connectivity index (χ1n) is 9.31. The van der Waals surface area contributed by atoms with E-state index >= 15 is 0 Å². The number of carbonyl (C=O) groups excluding carboxylic acids is 3. The predicted molar refractivity (Wildman–Crippen MR) is 101 cm³/mol. The molecule has 0 aliphatic carbocycles. The van der Waals surface area contributed by atoms with Crippen molar-refractivity contribution in [3.8, 4) is 0 Å². The molecule has 0 saturated carbocycles. The van der Waals surface area contributed by atoms with Crippen LogP contribution >= 0.6 is 0 Å². The van der Waals surface area contributed by atoms with Crippen molar-refractivity contribution in [3.05, 3.63) is 35.9 Å². The number of carboxylic acid groups (broad SMARTS) is 1. The van der Waals surface area contributed by atoms with E-state index < -0.39 is 36.2 Å². The number of aliphatic carboxylic acids is 1. The zero-order chi connectivity index (χ0) is 20.1. The Morgan fingerprint density at radius 1 is 1.04 bits per heavy atom. The smallest absolute Gasteiger partial charge is 0.322 e. The van der Waals surface area contributed by atoms with E-state index in [-0.39, 0.29) is 6.42 Å². The maximum Gasteiger partial charge on any atom is 0.322 e. The summed E-state index contributed by atoms with van der Waals surface area (Å²) in [6.07, 6.45) is 4.19. The minimum atomic E-state index is -1.17. The lowest BCUT2D eigenvalue weighted by molar-refractivity contribution is -0.140. The molecule has 1 rings (SSSR count). The van der Waals surface area contributed by atoms with Crippen LogP contribution in [0.2, 0.25) is 0 Å². The van der Waals surface area contributed by atoms with Crippen molar-refractivity contribution in [2.24, 2.45) is 0 Å². The number of amides is 2. The van der Waals surface area contributed by atoms with Crippen LogP contribution in [0.3, 0.4) is 0 Å². The summed E-state index contributed by atoms with van der Waals surface area (Å²) in [6, 6.07) is 8.99. The van der Waals surface area contributed by atoms with Crippen molar-refractivity contribution in [2.75, 3.05) is 6.54 Å². The van der Waals surface area contributed by atoms with Gasteiger partial charge in [0.2, 0.25) is 11.7 Å². The van der Waals surface area contributed by atoms with Gasteiger partial charge in [-0.2, -0.15) is 0 Å². The quantitative estimate of drug-likeness (QED) is 0.359. The molecule has 0 aliphatic rings. The van der Waals surface area contributed by atoms with Gasteiger partial charge in [-0.3, -0.25) is 19.2 Å². The predicted octanol–water partition coefficient (Wildman–Crippen LogP) is 1.84. The zero-order valence-electron chi connectivity index (χ0n) is 15.7. The molecule has 27 heavy (non-hydrogen) atoms. The topological polar surface area (TPSA) is 113 Å². The molecule has 0 radical (unpaired) electrons. The third-order valence-corrected chi connectivity index (χ3v) is 4.10. The van der Waals surface area contributed by atoms with Crippen molar-refractivity contribution in [3.63, 3.8) is 0 Å². The second kappa shape index (κ2) is 12.6. The van der Waals surface area contributed by atoms with E-state index in [1.807, 2.05) is 37.3 Å². The van der Waals surface area contributed by atoms with Crippen LogP contribution in [0.1, 0.15) is 51.0 Å². The molecule has 7 heteroatoms. The highest BCUT2D eigenvalue weighted by molar-refractivity contribution is 6.36. The van der Waals surface area contributed by atoms with Crippen molar-refractivity contribution in [1.29, 1.82) is 0 Å². The first-order valence-corrected chi connectivity index (χ1v) is 9.31. The normalized spacial score (nSPS) is 11.4. The summed E-state index contributed by atoms with van der Waals surface area (Å²) in [5.74, 6) is -3.11. The fourth-order valence-corrected chi connectivity index (χ4v) is 2.57. The molecule has 3 N–H and O–H groups in total. The Kier molecular flexibility index (Phi) is 10.4. The van der Waals surface area contributed by atoms with Crippen molar-refractivity contribution < 1.29 is 24.3 Å². The molecule has 1 atom stereocenters. The zero-order valence-corrected chi connectivity index (χ0v) is 15.7. The molecule has 0 bridgehead atoms. The van der Waals surface area contributed by atoms with Crippen LogP contribution in [-0.2, 0) is 25.6 Å². The van der Waals surface area contributed by atoms with Crippen LogP contribution in [0, 0.1) is 0 Å². The molecule has 0 fully saturated rings. The highest BCUT2D eigenvalue weighted by Gasteiger charge is 2.23. The number of aryl methyl sites for hydroxylation is 1. The molecule has 0 aliphatic heterocycles. The number of benzene rings is 1.